The Kier molecular flexibility index (Phi) is 5.70. The predicted molar refractivity (Wildman–Crippen MR) is 109 cm³/mol. The van der Waals surface area contributed by atoms with E-state index in [0.29, 0.717) is 0 Å². The molecule has 26 heavy (non-hydrogen) atoms. The van der Waals surface area contributed by atoms with Gasteiger partial charge in [-0.05, 0) is 68.7 Å². The molecule has 0 aliphatic carbocycles. The lowest BCUT2D eigenvalue weighted by Gasteiger charge is -2.39. The summed E-state index contributed by atoms with van der Waals surface area (Å²) in [5, 5.41) is 0. The van der Waals surface area contributed by atoms with E-state index >= 15 is 0 Å². The number of piperidine rings is 1. The normalized spacial score (nSPS) is 18.0. The van der Waals surface area contributed by atoms with Gasteiger partial charge in [0.1, 0.15) is 0 Å². The van der Waals surface area contributed by atoms with E-state index < -0.39 is 0 Å². The molecule has 138 valence electrons. The van der Waals surface area contributed by atoms with E-state index in [1.165, 1.54) is 62.3 Å². The van der Waals surface area contributed by atoms with Crippen LogP contribution in [0.25, 0.3) is 0 Å². The third-order valence-corrected chi connectivity index (χ3v) is 5.68. The standard InChI is InChI=1S/C22H30N4/c1-4-13-24(14-5-1)15-6-16-25-17-18-26(19-20-9-11-23-12-10-20)22-8-3-2-7-21(22)25/h2-3,7-12H,1,4-6,13-19H2. The number of hydrogen-bond acceptors (Lipinski definition) is 4. The summed E-state index contributed by atoms with van der Waals surface area (Å²) in [6, 6.07) is 13.1. The number of aromatic nitrogens is 1. The van der Waals surface area contributed by atoms with Crippen molar-refractivity contribution in [2.75, 3.05) is 49.1 Å². The smallest absolute Gasteiger partial charge is 0.0607 e. The number of nitrogens with zero attached hydrogens (tertiary/aromatic N) is 4. The number of rotatable bonds is 6. The van der Waals surface area contributed by atoms with Gasteiger partial charge in [-0.15, -0.1) is 0 Å². The maximum absolute atomic E-state index is 4.14. The first-order valence-electron chi connectivity index (χ1n) is 10.1. The van der Waals surface area contributed by atoms with Crippen LogP contribution in [0, 0.1) is 0 Å². The van der Waals surface area contributed by atoms with Crippen LogP contribution in [0.1, 0.15) is 31.2 Å². The molecule has 0 N–H and O–H groups in total. The van der Waals surface area contributed by atoms with Crippen LogP contribution in [0.15, 0.2) is 48.8 Å². The zero-order valence-corrected chi connectivity index (χ0v) is 15.7. The second-order valence-electron chi connectivity index (χ2n) is 7.51. The minimum Gasteiger partial charge on any atom is -0.368 e. The van der Waals surface area contributed by atoms with Crippen molar-refractivity contribution >= 4 is 11.4 Å². The average molecular weight is 351 g/mol. The molecule has 0 saturated carbocycles. The summed E-state index contributed by atoms with van der Waals surface area (Å²) in [5.74, 6) is 0. The fourth-order valence-corrected chi connectivity index (χ4v) is 4.25. The first-order chi connectivity index (χ1) is 12.9. The van der Waals surface area contributed by atoms with Crippen LogP contribution in [-0.2, 0) is 6.54 Å². The second-order valence-corrected chi connectivity index (χ2v) is 7.51. The number of hydrogen-bond donors (Lipinski definition) is 0. The molecule has 1 fully saturated rings. The number of fused-ring (bicyclic) bond motifs is 1. The molecular weight excluding hydrogens is 320 g/mol. The van der Waals surface area contributed by atoms with Crippen molar-refractivity contribution in [3.63, 3.8) is 0 Å². The summed E-state index contributed by atoms with van der Waals surface area (Å²) in [7, 11) is 0. The van der Waals surface area contributed by atoms with Gasteiger partial charge in [0.25, 0.3) is 0 Å². The summed E-state index contributed by atoms with van der Waals surface area (Å²) >= 11 is 0. The molecule has 3 heterocycles. The highest BCUT2D eigenvalue weighted by molar-refractivity contribution is 5.73. The minimum atomic E-state index is 0.959. The van der Waals surface area contributed by atoms with E-state index in [0.717, 1.165) is 26.2 Å². The van der Waals surface area contributed by atoms with Crippen molar-refractivity contribution in [3.8, 4) is 0 Å². The quantitative estimate of drug-likeness (QED) is 0.791. The summed E-state index contributed by atoms with van der Waals surface area (Å²) in [5.41, 5.74) is 4.09. The molecule has 4 rings (SSSR count). The summed E-state index contributed by atoms with van der Waals surface area (Å²) < 4.78 is 0. The Morgan fingerprint density at radius 2 is 1.42 bits per heavy atom. The Morgan fingerprint density at radius 1 is 0.731 bits per heavy atom. The summed E-state index contributed by atoms with van der Waals surface area (Å²) in [6.45, 7) is 8.18. The number of likely N-dealkylation sites (tertiary alicyclic amines) is 1. The zero-order valence-electron chi connectivity index (χ0n) is 15.7. The van der Waals surface area contributed by atoms with Crippen LogP contribution in [0.4, 0.5) is 11.4 Å². The Hall–Kier alpha value is -2.07. The number of benzene rings is 1. The Bertz CT molecular complexity index is 682. The Balaban J connectivity index is 1.39. The lowest BCUT2D eigenvalue weighted by Crippen LogP contribution is -2.42. The molecule has 0 amide bonds. The third-order valence-electron chi connectivity index (χ3n) is 5.68. The SMILES string of the molecule is c1ccc2c(c1)N(CCCN1CCCCC1)CCN2Cc1ccncc1. The Morgan fingerprint density at radius 3 is 2.19 bits per heavy atom. The summed E-state index contributed by atoms with van der Waals surface area (Å²) in [6.07, 6.45) is 9.23. The molecular formula is C22H30N4. The lowest BCUT2D eigenvalue weighted by molar-refractivity contribution is 0.227. The molecule has 0 unspecified atom stereocenters. The molecule has 0 spiro atoms. The van der Waals surface area contributed by atoms with E-state index in [1.807, 2.05) is 12.4 Å². The third kappa shape index (κ3) is 4.18. The zero-order chi connectivity index (χ0) is 17.6. The average Bonchev–Trinajstić information content (AvgIpc) is 2.71. The van der Waals surface area contributed by atoms with E-state index in [1.54, 1.807) is 0 Å². The van der Waals surface area contributed by atoms with Gasteiger partial charge >= 0.3 is 0 Å². The van der Waals surface area contributed by atoms with Crippen molar-refractivity contribution < 1.29 is 0 Å². The molecule has 0 atom stereocenters. The molecule has 2 aromatic rings. The van der Waals surface area contributed by atoms with Gasteiger partial charge in [0.15, 0.2) is 0 Å². The summed E-state index contributed by atoms with van der Waals surface area (Å²) in [4.78, 5) is 11.9. The molecule has 4 heteroatoms. The van der Waals surface area contributed by atoms with Gasteiger partial charge in [-0.1, -0.05) is 18.6 Å². The minimum absolute atomic E-state index is 0.959. The highest BCUT2D eigenvalue weighted by Gasteiger charge is 2.22. The largest absolute Gasteiger partial charge is 0.368 e. The highest BCUT2D eigenvalue weighted by atomic mass is 15.3. The molecule has 1 aromatic heterocycles. The monoisotopic (exact) mass is 350 g/mol. The van der Waals surface area contributed by atoms with Crippen LogP contribution in [-0.4, -0.2) is 49.2 Å². The number of para-hydroxylation sites is 2. The van der Waals surface area contributed by atoms with Crippen LogP contribution >= 0.6 is 0 Å². The lowest BCUT2D eigenvalue weighted by atomic mass is 10.1. The highest BCUT2D eigenvalue weighted by Crippen LogP contribution is 2.33. The number of pyridine rings is 1. The molecule has 1 saturated heterocycles. The second kappa shape index (κ2) is 8.54. The molecule has 1 aromatic carbocycles. The fraction of sp³-hybridized carbons (Fsp3) is 0.500. The first-order valence-corrected chi connectivity index (χ1v) is 10.1. The van der Waals surface area contributed by atoms with E-state index in [2.05, 4.69) is 56.1 Å². The van der Waals surface area contributed by atoms with Crippen molar-refractivity contribution in [2.45, 2.75) is 32.2 Å². The van der Waals surface area contributed by atoms with Gasteiger partial charge in [-0.25, -0.2) is 0 Å². The maximum atomic E-state index is 4.14. The van der Waals surface area contributed by atoms with Crippen molar-refractivity contribution in [3.05, 3.63) is 54.4 Å². The maximum Gasteiger partial charge on any atom is 0.0607 e. The number of anilines is 2. The van der Waals surface area contributed by atoms with Crippen LogP contribution in [0.5, 0.6) is 0 Å². The van der Waals surface area contributed by atoms with Gasteiger partial charge < -0.3 is 14.7 Å². The molecule has 0 bridgehead atoms. The molecule has 2 aliphatic heterocycles. The van der Waals surface area contributed by atoms with Gasteiger partial charge in [0.05, 0.1) is 11.4 Å². The van der Waals surface area contributed by atoms with E-state index in [4.69, 9.17) is 0 Å². The fourth-order valence-electron chi connectivity index (χ4n) is 4.25. The van der Waals surface area contributed by atoms with E-state index in [9.17, 15) is 0 Å². The predicted octanol–water partition coefficient (Wildman–Crippen LogP) is 3.78. The topological polar surface area (TPSA) is 22.6 Å². The van der Waals surface area contributed by atoms with Crippen molar-refractivity contribution in [1.29, 1.82) is 0 Å². The van der Waals surface area contributed by atoms with Gasteiger partial charge in [-0.3, -0.25) is 4.98 Å². The molecule has 0 radical (unpaired) electrons. The molecule has 2 aliphatic rings. The first kappa shape index (κ1) is 17.3. The van der Waals surface area contributed by atoms with E-state index in [-0.39, 0.29) is 0 Å². The molecule has 4 nitrogen and oxygen atoms in total. The Labute approximate surface area is 157 Å². The van der Waals surface area contributed by atoms with Crippen LogP contribution < -0.4 is 9.80 Å². The van der Waals surface area contributed by atoms with Crippen molar-refractivity contribution in [1.82, 2.24) is 9.88 Å². The van der Waals surface area contributed by atoms with Gasteiger partial charge in [-0.2, -0.15) is 0 Å². The van der Waals surface area contributed by atoms with Gasteiger partial charge in [0.2, 0.25) is 0 Å². The van der Waals surface area contributed by atoms with Gasteiger partial charge in [0, 0.05) is 38.6 Å². The van der Waals surface area contributed by atoms with Crippen LogP contribution in [0.3, 0.4) is 0 Å². The van der Waals surface area contributed by atoms with Crippen molar-refractivity contribution in [2.24, 2.45) is 0 Å². The van der Waals surface area contributed by atoms with Crippen LogP contribution in [0.2, 0.25) is 0 Å².